The molecule has 2 aromatic carbocycles. The number of halogens is 2. The first-order valence-corrected chi connectivity index (χ1v) is 8.46. The van der Waals surface area contributed by atoms with E-state index in [1.54, 1.807) is 36.4 Å². The van der Waals surface area contributed by atoms with Crippen molar-refractivity contribution in [2.24, 2.45) is 0 Å². The Labute approximate surface area is 155 Å². The summed E-state index contributed by atoms with van der Waals surface area (Å²) >= 11 is 3.48. The fraction of sp³-hybridized carbons (Fsp3) is 0.150. The van der Waals surface area contributed by atoms with Gasteiger partial charge in [0.1, 0.15) is 12.4 Å². The third-order valence-corrected chi connectivity index (χ3v) is 3.96. The second-order valence-corrected chi connectivity index (χ2v) is 5.89. The van der Waals surface area contributed by atoms with Gasteiger partial charge in [0.15, 0.2) is 11.5 Å². The molecule has 0 N–H and O–H groups in total. The van der Waals surface area contributed by atoms with Crippen LogP contribution in [0.5, 0.6) is 11.5 Å². The van der Waals surface area contributed by atoms with E-state index in [-0.39, 0.29) is 5.82 Å². The molecule has 0 saturated heterocycles. The third kappa shape index (κ3) is 4.94. The summed E-state index contributed by atoms with van der Waals surface area (Å²) in [6.45, 7) is 6.34. The topological polar surface area (TPSA) is 42.2 Å². The fourth-order valence-corrected chi connectivity index (χ4v) is 2.62. The quantitative estimate of drug-likeness (QED) is 0.343. The third-order valence-electron chi connectivity index (χ3n) is 3.28. The maximum absolute atomic E-state index is 13.4. The standard InChI is InChI=1S/C20H17BrFNO2/c1-3-8-25-20-12-18(21)15(11-19(20)24-4-2)9-16(13-23)14-6-5-7-17(22)10-14/h3,5-7,9-12H,1,4,8H2,2H3/b16-9-. The fourth-order valence-electron chi connectivity index (χ4n) is 2.18. The zero-order valence-corrected chi connectivity index (χ0v) is 15.3. The van der Waals surface area contributed by atoms with Gasteiger partial charge < -0.3 is 9.47 Å². The molecule has 0 fully saturated rings. The summed E-state index contributed by atoms with van der Waals surface area (Å²) in [6.07, 6.45) is 3.33. The number of nitrogens with zero attached hydrogens (tertiary/aromatic N) is 1. The van der Waals surface area contributed by atoms with Crippen LogP contribution in [-0.4, -0.2) is 13.2 Å². The van der Waals surface area contributed by atoms with Gasteiger partial charge in [-0.3, -0.25) is 0 Å². The summed E-state index contributed by atoms with van der Waals surface area (Å²) in [5.74, 6) is 0.756. The second kappa shape index (κ2) is 9.05. The molecule has 0 bridgehead atoms. The second-order valence-electron chi connectivity index (χ2n) is 5.03. The Morgan fingerprint density at radius 1 is 1.28 bits per heavy atom. The van der Waals surface area contributed by atoms with E-state index in [4.69, 9.17) is 9.47 Å². The minimum absolute atomic E-state index is 0.349. The number of benzene rings is 2. The zero-order chi connectivity index (χ0) is 18.2. The van der Waals surface area contributed by atoms with E-state index in [2.05, 4.69) is 28.6 Å². The maximum Gasteiger partial charge on any atom is 0.162 e. The minimum atomic E-state index is -0.388. The lowest BCUT2D eigenvalue weighted by molar-refractivity contribution is 0.296. The monoisotopic (exact) mass is 401 g/mol. The van der Waals surface area contributed by atoms with Crippen molar-refractivity contribution in [3.05, 3.63) is 70.5 Å². The number of hydrogen-bond donors (Lipinski definition) is 0. The van der Waals surface area contributed by atoms with Crippen molar-refractivity contribution in [1.29, 1.82) is 5.26 Å². The molecule has 0 spiro atoms. The lowest BCUT2D eigenvalue weighted by Gasteiger charge is -2.13. The Kier molecular flexibility index (Phi) is 6.79. The summed E-state index contributed by atoms with van der Waals surface area (Å²) in [6, 6.07) is 11.6. The van der Waals surface area contributed by atoms with Crippen molar-refractivity contribution in [3.63, 3.8) is 0 Å². The van der Waals surface area contributed by atoms with E-state index < -0.39 is 0 Å². The highest BCUT2D eigenvalue weighted by Gasteiger charge is 2.11. The Hall–Kier alpha value is -2.58. The van der Waals surface area contributed by atoms with Crippen LogP contribution in [0.2, 0.25) is 0 Å². The SMILES string of the molecule is C=CCOc1cc(Br)c(/C=C(/C#N)c2cccc(F)c2)cc1OCC. The number of ether oxygens (including phenoxy) is 2. The predicted molar refractivity (Wildman–Crippen MR) is 101 cm³/mol. The van der Waals surface area contributed by atoms with Crippen LogP contribution in [0.1, 0.15) is 18.1 Å². The van der Waals surface area contributed by atoms with Crippen LogP contribution < -0.4 is 9.47 Å². The van der Waals surface area contributed by atoms with Gasteiger partial charge in [-0.25, -0.2) is 4.39 Å². The van der Waals surface area contributed by atoms with Crippen LogP contribution in [0, 0.1) is 17.1 Å². The van der Waals surface area contributed by atoms with Gasteiger partial charge in [0.25, 0.3) is 0 Å². The summed E-state index contributed by atoms with van der Waals surface area (Å²) in [4.78, 5) is 0. The molecule has 0 saturated carbocycles. The lowest BCUT2D eigenvalue weighted by atomic mass is 10.0. The van der Waals surface area contributed by atoms with Crippen molar-refractivity contribution in [2.75, 3.05) is 13.2 Å². The predicted octanol–water partition coefficient (Wildman–Crippen LogP) is 5.62. The van der Waals surface area contributed by atoms with E-state index in [9.17, 15) is 9.65 Å². The van der Waals surface area contributed by atoms with Gasteiger partial charge in [-0.2, -0.15) is 5.26 Å². The molecular formula is C20H17BrFNO2. The van der Waals surface area contributed by atoms with E-state index in [1.807, 2.05) is 6.92 Å². The van der Waals surface area contributed by atoms with Gasteiger partial charge in [0.05, 0.1) is 18.2 Å². The molecule has 0 aliphatic rings. The molecule has 128 valence electrons. The zero-order valence-electron chi connectivity index (χ0n) is 13.8. The van der Waals surface area contributed by atoms with Gasteiger partial charge in [0.2, 0.25) is 0 Å². The molecule has 0 atom stereocenters. The van der Waals surface area contributed by atoms with Crippen molar-refractivity contribution in [3.8, 4) is 17.6 Å². The van der Waals surface area contributed by atoms with E-state index in [0.717, 1.165) is 10.0 Å². The molecule has 2 rings (SSSR count). The number of rotatable bonds is 7. The van der Waals surface area contributed by atoms with Crippen LogP contribution in [-0.2, 0) is 0 Å². The first kappa shape index (κ1) is 18.8. The van der Waals surface area contributed by atoms with Crippen LogP contribution in [0.4, 0.5) is 4.39 Å². The van der Waals surface area contributed by atoms with Gasteiger partial charge in [-0.1, -0.05) is 40.7 Å². The average Bonchev–Trinajstić information content (AvgIpc) is 2.60. The molecule has 5 heteroatoms. The van der Waals surface area contributed by atoms with Gasteiger partial charge in [0, 0.05) is 4.47 Å². The van der Waals surface area contributed by atoms with Crippen molar-refractivity contribution in [2.45, 2.75) is 6.92 Å². The molecule has 3 nitrogen and oxygen atoms in total. The first-order chi connectivity index (χ1) is 12.1. The van der Waals surface area contributed by atoms with Crippen molar-refractivity contribution >= 4 is 27.6 Å². The molecule has 2 aromatic rings. The molecule has 0 aliphatic heterocycles. The molecule has 0 aliphatic carbocycles. The molecule has 0 unspecified atom stereocenters. The highest BCUT2D eigenvalue weighted by atomic mass is 79.9. The first-order valence-electron chi connectivity index (χ1n) is 7.66. The van der Waals surface area contributed by atoms with E-state index in [1.165, 1.54) is 12.1 Å². The maximum atomic E-state index is 13.4. The normalized spacial score (nSPS) is 10.9. The highest BCUT2D eigenvalue weighted by molar-refractivity contribution is 9.10. The Balaban J connectivity index is 2.48. The largest absolute Gasteiger partial charge is 0.490 e. The molecular weight excluding hydrogens is 385 g/mol. The van der Waals surface area contributed by atoms with Gasteiger partial charge >= 0.3 is 0 Å². The van der Waals surface area contributed by atoms with Gasteiger partial charge in [-0.05, 0) is 48.4 Å². The van der Waals surface area contributed by atoms with Crippen molar-refractivity contribution in [1.82, 2.24) is 0 Å². The Bertz CT molecular complexity index is 840. The van der Waals surface area contributed by atoms with Crippen LogP contribution >= 0.6 is 15.9 Å². The molecule has 0 radical (unpaired) electrons. The molecule has 0 amide bonds. The smallest absolute Gasteiger partial charge is 0.162 e. The molecule has 0 heterocycles. The Morgan fingerprint density at radius 2 is 2.04 bits per heavy atom. The summed E-state index contributed by atoms with van der Waals surface area (Å²) in [5.41, 5.74) is 1.59. The van der Waals surface area contributed by atoms with Crippen LogP contribution in [0.25, 0.3) is 11.6 Å². The molecule has 0 aromatic heterocycles. The summed E-state index contributed by atoms with van der Waals surface area (Å²) in [5, 5.41) is 9.44. The van der Waals surface area contributed by atoms with E-state index in [0.29, 0.717) is 35.8 Å². The van der Waals surface area contributed by atoms with Crippen molar-refractivity contribution < 1.29 is 13.9 Å². The number of hydrogen-bond acceptors (Lipinski definition) is 3. The van der Waals surface area contributed by atoms with E-state index >= 15 is 0 Å². The summed E-state index contributed by atoms with van der Waals surface area (Å²) < 4.78 is 25.4. The minimum Gasteiger partial charge on any atom is -0.490 e. The number of allylic oxidation sites excluding steroid dienone is 1. The average molecular weight is 402 g/mol. The number of nitriles is 1. The van der Waals surface area contributed by atoms with Crippen LogP contribution in [0.3, 0.4) is 0 Å². The van der Waals surface area contributed by atoms with Gasteiger partial charge in [-0.15, -0.1) is 0 Å². The molecule has 25 heavy (non-hydrogen) atoms. The highest BCUT2D eigenvalue weighted by Crippen LogP contribution is 2.35. The van der Waals surface area contributed by atoms with Crippen LogP contribution in [0.15, 0.2) is 53.5 Å². The Morgan fingerprint density at radius 3 is 2.68 bits per heavy atom. The lowest BCUT2D eigenvalue weighted by Crippen LogP contribution is -1.99. The summed E-state index contributed by atoms with van der Waals surface area (Å²) in [7, 11) is 0.